The predicted molar refractivity (Wildman–Crippen MR) is 81.2 cm³/mol. The third kappa shape index (κ3) is 3.84. The minimum Gasteiger partial charge on any atom is -0.481 e. The van der Waals surface area contributed by atoms with Gasteiger partial charge in [0, 0.05) is 5.69 Å². The van der Waals surface area contributed by atoms with Crippen LogP contribution in [-0.4, -0.2) is 22.2 Å². The quantitative estimate of drug-likeness (QED) is 0.853. The number of carbonyl (C=O) groups is 1. The summed E-state index contributed by atoms with van der Waals surface area (Å²) in [4.78, 5) is 11.0. The summed E-state index contributed by atoms with van der Waals surface area (Å²) in [6.07, 6.45) is 1.27. The predicted octanol–water partition coefficient (Wildman–Crippen LogP) is 2.06. The van der Waals surface area contributed by atoms with Gasteiger partial charge < -0.3 is 10.5 Å². The molecule has 2 rings (SSSR count). The second kappa shape index (κ2) is 6.43. The Labute approximate surface area is 124 Å². The summed E-state index contributed by atoms with van der Waals surface area (Å²) in [7, 11) is 0. The van der Waals surface area contributed by atoms with E-state index in [0.29, 0.717) is 5.75 Å². The monoisotopic (exact) mass is 287 g/mol. The SMILES string of the molecule is Cc1n[nH]c(C)c1CCc1ccc(O[C@@H](C)C(N)=O)cc1. The fourth-order valence-corrected chi connectivity index (χ4v) is 2.21. The fraction of sp³-hybridized carbons (Fsp3) is 0.375. The van der Waals surface area contributed by atoms with E-state index in [1.165, 1.54) is 11.1 Å². The molecule has 0 unspecified atom stereocenters. The van der Waals surface area contributed by atoms with E-state index in [4.69, 9.17) is 10.5 Å². The number of nitrogens with one attached hydrogen (secondary N) is 1. The van der Waals surface area contributed by atoms with Crippen LogP contribution in [0.3, 0.4) is 0 Å². The first kappa shape index (κ1) is 15.1. The van der Waals surface area contributed by atoms with Gasteiger partial charge >= 0.3 is 0 Å². The summed E-state index contributed by atoms with van der Waals surface area (Å²) in [5.74, 6) is 0.186. The van der Waals surface area contributed by atoms with E-state index in [2.05, 4.69) is 10.2 Å². The van der Waals surface area contributed by atoms with Crippen LogP contribution >= 0.6 is 0 Å². The van der Waals surface area contributed by atoms with Crippen LogP contribution in [0.25, 0.3) is 0 Å². The van der Waals surface area contributed by atoms with Crippen LogP contribution in [0.5, 0.6) is 5.75 Å². The van der Waals surface area contributed by atoms with Crippen molar-refractivity contribution in [2.75, 3.05) is 0 Å². The first-order valence-corrected chi connectivity index (χ1v) is 7.02. The molecule has 1 heterocycles. The van der Waals surface area contributed by atoms with Crippen LogP contribution in [0.2, 0.25) is 0 Å². The highest BCUT2D eigenvalue weighted by Crippen LogP contribution is 2.17. The third-order valence-electron chi connectivity index (χ3n) is 3.58. The van der Waals surface area contributed by atoms with Crippen molar-refractivity contribution in [2.45, 2.75) is 39.7 Å². The molecule has 0 bridgehead atoms. The number of rotatable bonds is 6. The number of hydrogen-bond donors (Lipinski definition) is 2. The van der Waals surface area contributed by atoms with Crippen LogP contribution < -0.4 is 10.5 Å². The molecule has 0 saturated heterocycles. The van der Waals surface area contributed by atoms with Crippen LogP contribution in [-0.2, 0) is 17.6 Å². The lowest BCUT2D eigenvalue weighted by atomic mass is 10.0. The molecule has 1 aromatic heterocycles. The van der Waals surface area contributed by atoms with E-state index in [0.717, 1.165) is 24.2 Å². The zero-order chi connectivity index (χ0) is 15.4. The molecule has 5 heteroatoms. The molecule has 1 atom stereocenters. The second-order valence-corrected chi connectivity index (χ2v) is 5.22. The Morgan fingerprint density at radius 1 is 1.29 bits per heavy atom. The lowest BCUT2D eigenvalue weighted by Gasteiger charge is -2.11. The van der Waals surface area contributed by atoms with Gasteiger partial charge in [-0.3, -0.25) is 9.89 Å². The van der Waals surface area contributed by atoms with Gasteiger partial charge in [0.1, 0.15) is 5.75 Å². The Hall–Kier alpha value is -2.30. The van der Waals surface area contributed by atoms with Gasteiger partial charge in [-0.05, 0) is 56.9 Å². The molecular formula is C16H21N3O2. The normalized spacial score (nSPS) is 12.1. The van der Waals surface area contributed by atoms with Crippen molar-refractivity contribution in [1.29, 1.82) is 0 Å². The lowest BCUT2D eigenvalue weighted by molar-refractivity contribution is -0.123. The average molecular weight is 287 g/mol. The number of aromatic nitrogens is 2. The van der Waals surface area contributed by atoms with Gasteiger partial charge in [-0.25, -0.2) is 0 Å². The maximum atomic E-state index is 11.0. The Bertz CT molecular complexity index is 597. The summed E-state index contributed by atoms with van der Waals surface area (Å²) in [5.41, 5.74) is 9.85. The van der Waals surface area contributed by atoms with Gasteiger partial charge in [0.2, 0.25) is 0 Å². The average Bonchev–Trinajstić information content (AvgIpc) is 2.77. The molecular weight excluding hydrogens is 266 g/mol. The minimum absolute atomic E-state index is 0.468. The zero-order valence-electron chi connectivity index (χ0n) is 12.6. The Morgan fingerprint density at radius 3 is 2.48 bits per heavy atom. The number of nitrogens with two attached hydrogens (primary N) is 1. The fourth-order valence-electron chi connectivity index (χ4n) is 2.21. The first-order valence-electron chi connectivity index (χ1n) is 7.02. The maximum absolute atomic E-state index is 11.0. The number of ether oxygens (including phenoxy) is 1. The van der Waals surface area contributed by atoms with Gasteiger partial charge in [0.05, 0.1) is 5.69 Å². The molecule has 21 heavy (non-hydrogen) atoms. The van der Waals surface area contributed by atoms with Gasteiger partial charge in [0.25, 0.3) is 5.91 Å². The van der Waals surface area contributed by atoms with Crippen LogP contribution in [0.4, 0.5) is 0 Å². The molecule has 112 valence electrons. The van der Waals surface area contributed by atoms with E-state index in [-0.39, 0.29) is 0 Å². The van der Waals surface area contributed by atoms with Crippen LogP contribution in [0.1, 0.15) is 29.4 Å². The van der Waals surface area contributed by atoms with E-state index in [1.807, 2.05) is 38.1 Å². The van der Waals surface area contributed by atoms with Crippen molar-refractivity contribution in [1.82, 2.24) is 10.2 Å². The molecule has 0 saturated carbocycles. The minimum atomic E-state index is -0.618. The van der Waals surface area contributed by atoms with Crippen molar-refractivity contribution in [3.63, 3.8) is 0 Å². The van der Waals surface area contributed by atoms with Crippen LogP contribution in [0, 0.1) is 13.8 Å². The van der Waals surface area contributed by atoms with Gasteiger partial charge in [-0.1, -0.05) is 12.1 Å². The molecule has 0 aliphatic heterocycles. The smallest absolute Gasteiger partial charge is 0.258 e. The number of hydrogen-bond acceptors (Lipinski definition) is 3. The Kier molecular flexibility index (Phi) is 4.62. The maximum Gasteiger partial charge on any atom is 0.258 e. The Balaban J connectivity index is 1.95. The molecule has 0 spiro atoms. The molecule has 0 fully saturated rings. The molecule has 3 N–H and O–H groups in total. The number of primary amides is 1. The number of aromatic amines is 1. The summed E-state index contributed by atoms with van der Waals surface area (Å²) in [5, 5.41) is 7.20. The number of aryl methyl sites for hydroxylation is 3. The molecule has 1 aromatic carbocycles. The van der Waals surface area contributed by atoms with Crippen molar-refractivity contribution in [3.8, 4) is 5.75 Å². The number of nitrogens with zero attached hydrogens (tertiary/aromatic N) is 1. The van der Waals surface area contributed by atoms with Gasteiger partial charge in [-0.15, -0.1) is 0 Å². The van der Waals surface area contributed by atoms with Crippen molar-refractivity contribution >= 4 is 5.91 Å². The molecule has 0 aliphatic rings. The van der Waals surface area contributed by atoms with Gasteiger partial charge in [0.15, 0.2) is 6.10 Å². The van der Waals surface area contributed by atoms with E-state index in [1.54, 1.807) is 6.92 Å². The second-order valence-electron chi connectivity index (χ2n) is 5.22. The molecule has 0 aliphatic carbocycles. The highest BCUT2D eigenvalue weighted by atomic mass is 16.5. The van der Waals surface area contributed by atoms with Crippen molar-refractivity contribution in [3.05, 3.63) is 46.8 Å². The molecule has 2 aromatic rings. The summed E-state index contributed by atoms with van der Waals surface area (Å²) in [6, 6.07) is 7.75. The largest absolute Gasteiger partial charge is 0.481 e. The van der Waals surface area contributed by atoms with Crippen molar-refractivity contribution in [2.24, 2.45) is 5.73 Å². The zero-order valence-corrected chi connectivity index (χ0v) is 12.6. The third-order valence-corrected chi connectivity index (χ3v) is 3.58. The van der Waals surface area contributed by atoms with E-state index < -0.39 is 12.0 Å². The summed E-state index contributed by atoms with van der Waals surface area (Å²) < 4.78 is 5.43. The van der Waals surface area contributed by atoms with Gasteiger partial charge in [-0.2, -0.15) is 5.10 Å². The number of benzene rings is 1. The number of amides is 1. The molecule has 0 radical (unpaired) electrons. The topological polar surface area (TPSA) is 81.0 Å². The highest BCUT2D eigenvalue weighted by Gasteiger charge is 2.10. The standard InChI is InChI=1S/C16H21N3O2/c1-10-15(11(2)19-18-10)9-6-13-4-7-14(8-5-13)21-12(3)16(17)20/h4-5,7-8,12H,6,9H2,1-3H3,(H2,17,20)(H,18,19)/t12-/m0/s1. The summed E-state index contributed by atoms with van der Waals surface area (Å²) >= 11 is 0. The summed E-state index contributed by atoms with van der Waals surface area (Å²) in [6.45, 7) is 5.69. The molecule has 5 nitrogen and oxygen atoms in total. The number of H-pyrrole nitrogens is 1. The Morgan fingerprint density at radius 2 is 1.95 bits per heavy atom. The number of carbonyl (C=O) groups excluding carboxylic acids is 1. The van der Waals surface area contributed by atoms with Crippen LogP contribution in [0.15, 0.2) is 24.3 Å². The lowest BCUT2D eigenvalue weighted by Crippen LogP contribution is -2.30. The van der Waals surface area contributed by atoms with Crippen molar-refractivity contribution < 1.29 is 9.53 Å². The highest BCUT2D eigenvalue weighted by molar-refractivity contribution is 5.78. The first-order chi connectivity index (χ1) is 9.97. The van der Waals surface area contributed by atoms with E-state index >= 15 is 0 Å². The molecule has 1 amide bonds. The van der Waals surface area contributed by atoms with E-state index in [9.17, 15) is 4.79 Å².